The van der Waals surface area contributed by atoms with E-state index in [0.29, 0.717) is 21.4 Å². The third kappa shape index (κ3) is 4.10. The summed E-state index contributed by atoms with van der Waals surface area (Å²) in [6, 6.07) is 14.5. The Morgan fingerprint density at radius 3 is 2.64 bits per heavy atom. The van der Waals surface area contributed by atoms with Gasteiger partial charge in [-0.05, 0) is 35.9 Å². The Labute approximate surface area is 155 Å². The molecule has 2 aromatic rings. The Morgan fingerprint density at radius 1 is 1.20 bits per heavy atom. The SMILES string of the molecule is COc1ccc(C2=N/C(=C\C(Cl)=C\c3ccccc3)C(=O)O2)c(Cl)c1. The Balaban J connectivity index is 1.88. The van der Waals surface area contributed by atoms with E-state index in [2.05, 4.69) is 4.99 Å². The monoisotopic (exact) mass is 373 g/mol. The van der Waals surface area contributed by atoms with Crippen LogP contribution in [0.25, 0.3) is 6.08 Å². The number of cyclic esters (lactones) is 1. The number of ether oxygens (including phenoxy) is 2. The van der Waals surface area contributed by atoms with Crippen molar-refractivity contribution >= 4 is 41.1 Å². The lowest BCUT2D eigenvalue weighted by atomic mass is 10.2. The van der Waals surface area contributed by atoms with E-state index in [-0.39, 0.29) is 11.6 Å². The van der Waals surface area contributed by atoms with Crippen molar-refractivity contribution in [3.05, 3.63) is 81.5 Å². The van der Waals surface area contributed by atoms with Crippen molar-refractivity contribution in [2.75, 3.05) is 7.11 Å². The van der Waals surface area contributed by atoms with E-state index in [9.17, 15) is 4.79 Å². The second-order valence-electron chi connectivity index (χ2n) is 5.12. The highest BCUT2D eigenvalue weighted by atomic mass is 35.5. The zero-order valence-corrected chi connectivity index (χ0v) is 14.7. The molecule has 0 bridgehead atoms. The lowest BCUT2D eigenvalue weighted by Crippen LogP contribution is -2.06. The average Bonchev–Trinajstić information content (AvgIpc) is 2.95. The molecule has 0 saturated carbocycles. The average molecular weight is 374 g/mol. The standard InChI is InChI=1S/C19H13Cl2NO3/c1-24-14-7-8-15(16(21)11-14)18-22-17(19(23)25-18)10-13(20)9-12-5-3-2-4-6-12/h2-11H,1H3/b13-9-,17-10-. The highest BCUT2D eigenvalue weighted by Gasteiger charge is 2.25. The molecule has 2 aromatic carbocycles. The van der Waals surface area contributed by atoms with Crippen molar-refractivity contribution in [1.29, 1.82) is 0 Å². The number of carbonyl (C=O) groups is 1. The minimum atomic E-state index is -0.582. The number of halogens is 2. The molecule has 0 aromatic heterocycles. The maximum absolute atomic E-state index is 12.0. The number of methoxy groups -OCH3 is 1. The molecule has 25 heavy (non-hydrogen) atoms. The first-order valence-electron chi connectivity index (χ1n) is 7.35. The van der Waals surface area contributed by atoms with Crippen LogP contribution in [0.5, 0.6) is 5.75 Å². The minimum Gasteiger partial charge on any atom is -0.497 e. The highest BCUT2D eigenvalue weighted by molar-refractivity contribution is 6.35. The molecule has 0 aliphatic carbocycles. The van der Waals surface area contributed by atoms with E-state index in [1.54, 1.807) is 31.4 Å². The summed E-state index contributed by atoms with van der Waals surface area (Å²) in [7, 11) is 1.54. The van der Waals surface area contributed by atoms with Gasteiger partial charge < -0.3 is 9.47 Å². The molecule has 1 heterocycles. The number of hydrogen-bond acceptors (Lipinski definition) is 4. The van der Waals surface area contributed by atoms with Gasteiger partial charge in [0, 0.05) is 5.03 Å². The first kappa shape index (κ1) is 17.3. The second-order valence-corrected chi connectivity index (χ2v) is 5.97. The molecule has 0 atom stereocenters. The van der Waals surface area contributed by atoms with Crippen LogP contribution < -0.4 is 4.74 Å². The second kappa shape index (κ2) is 7.55. The number of rotatable bonds is 4. The van der Waals surface area contributed by atoms with Crippen LogP contribution in [0, 0.1) is 0 Å². The Hall–Kier alpha value is -2.56. The Kier molecular flexibility index (Phi) is 5.22. The molecule has 0 amide bonds. The summed E-state index contributed by atoms with van der Waals surface area (Å²) in [5.74, 6) is 0.151. The van der Waals surface area contributed by atoms with Crippen LogP contribution in [-0.4, -0.2) is 19.0 Å². The Morgan fingerprint density at radius 2 is 1.96 bits per heavy atom. The van der Waals surface area contributed by atoms with Crippen LogP contribution in [0.2, 0.25) is 5.02 Å². The number of esters is 1. The zero-order chi connectivity index (χ0) is 17.8. The van der Waals surface area contributed by atoms with E-state index in [0.717, 1.165) is 5.56 Å². The molecule has 3 rings (SSSR count). The number of allylic oxidation sites excluding steroid dienone is 2. The third-order valence-electron chi connectivity index (χ3n) is 3.41. The first-order valence-corrected chi connectivity index (χ1v) is 8.11. The molecular formula is C19H13Cl2NO3. The largest absolute Gasteiger partial charge is 0.497 e. The van der Waals surface area contributed by atoms with Gasteiger partial charge in [-0.2, -0.15) is 0 Å². The van der Waals surface area contributed by atoms with Gasteiger partial charge in [0.2, 0.25) is 5.90 Å². The van der Waals surface area contributed by atoms with Crippen LogP contribution in [0.1, 0.15) is 11.1 Å². The van der Waals surface area contributed by atoms with Crippen LogP contribution >= 0.6 is 23.2 Å². The van der Waals surface area contributed by atoms with Crippen molar-refractivity contribution < 1.29 is 14.3 Å². The molecule has 1 aliphatic heterocycles. The van der Waals surface area contributed by atoms with Gasteiger partial charge in [-0.15, -0.1) is 0 Å². The van der Waals surface area contributed by atoms with E-state index in [4.69, 9.17) is 32.7 Å². The van der Waals surface area contributed by atoms with Crippen molar-refractivity contribution in [2.45, 2.75) is 0 Å². The molecule has 4 nitrogen and oxygen atoms in total. The molecule has 0 spiro atoms. The first-order chi connectivity index (χ1) is 12.1. The molecule has 0 radical (unpaired) electrons. The summed E-state index contributed by atoms with van der Waals surface area (Å²) in [6.07, 6.45) is 3.19. The summed E-state index contributed by atoms with van der Waals surface area (Å²) < 4.78 is 10.3. The topological polar surface area (TPSA) is 47.9 Å². The summed E-state index contributed by atoms with van der Waals surface area (Å²) in [6.45, 7) is 0. The number of nitrogens with zero attached hydrogens (tertiary/aromatic N) is 1. The van der Waals surface area contributed by atoms with Crippen molar-refractivity contribution in [1.82, 2.24) is 0 Å². The molecule has 0 fully saturated rings. The fourth-order valence-corrected chi connectivity index (χ4v) is 2.68. The normalized spacial score (nSPS) is 16.0. The van der Waals surface area contributed by atoms with Gasteiger partial charge in [-0.3, -0.25) is 0 Å². The maximum Gasteiger partial charge on any atom is 0.363 e. The van der Waals surface area contributed by atoms with Gasteiger partial charge in [-0.25, -0.2) is 9.79 Å². The predicted octanol–water partition coefficient (Wildman–Crippen LogP) is 4.82. The van der Waals surface area contributed by atoms with Crippen LogP contribution in [0.3, 0.4) is 0 Å². The third-order valence-corrected chi connectivity index (χ3v) is 3.94. The molecule has 1 aliphatic rings. The lowest BCUT2D eigenvalue weighted by Gasteiger charge is -2.05. The van der Waals surface area contributed by atoms with Crippen LogP contribution in [0.15, 0.2) is 70.3 Å². The van der Waals surface area contributed by atoms with E-state index in [1.165, 1.54) is 6.08 Å². The fraction of sp³-hybridized carbons (Fsp3) is 0.0526. The zero-order valence-electron chi connectivity index (χ0n) is 13.2. The Bertz CT molecular complexity index is 902. The molecule has 6 heteroatoms. The predicted molar refractivity (Wildman–Crippen MR) is 99.0 cm³/mol. The maximum atomic E-state index is 12.0. The lowest BCUT2D eigenvalue weighted by molar-refractivity contribution is -0.130. The fourth-order valence-electron chi connectivity index (χ4n) is 2.20. The number of hydrogen-bond donors (Lipinski definition) is 0. The highest BCUT2D eigenvalue weighted by Crippen LogP contribution is 2.27. The molecule has 0 saturated heterocycles. The quantitative estimate of drug-likeness (QED) is 0.570. The van der Waals surface area contributed by atoms with Gasteiger partial charge in [0.25, 0.3) is 0 Å². The summed E-state index contributed by atoms with van der Waals surface area (Å²) >= 11 is 12.4. The van der Waals surface area contributed by atoms with Gasteiger partial charge >= 0.3 is 5.97 Å². The number of carbonyl (C=O) groups excluding carboxylic acids is 1. The van der Waals surface area contributed by atoms with Crippen LogP contribution in [-0.2, 0) is 9.53 Å². The minimum absolute atomic E-state index is 0.110. The van der Waals surface area contributed by atoms with Gasteiger partial charge in [0.15, 0.2) is 5.70 Å². The van der Waals surface area contributed by atoms with E-state index >= 15 is 0 Å². The van der Waals surface area contributed by atoms with Gasteiger partial charge in [-0.1, -0.05) is 53.5 Å². The molecular weight excluding hydrogens is 361 g/mol. The number of aliphatic imine (C=N–C) groups is 1. The van der Waals surface area contributed by atoms with Crippen molar-refractivity contribution in [3.63, 3.8) is 0 Å². The van der Waals surface area contributed by atoms with Gasteiger partial charge in [0.05, 0.1) is 17.7 Å². The van der Waals surface area contributed by atoms with E-state index in [1.807, 2.05) is 30.3 Å². The van der Waals surface area contributed by atoms with Gasteiger partial charge in [0.1, 0.15) is 5.75 Å². The smallest absolute Gasteiger partial charge is 0.363 e. The molecule has 0 unspecified atom stereocenters. The van der Waals surface area contributed by atoms with Crippen molar-refractivity contribution in [2.24, 2.45) is 4.99 Å². The van der Waals surface area contributed by atoms with Crippen LogP contribution in [0.4, 0.5) is 0 Å². The van der Waals surface area contributed by atoms with Crippen molar-refractivity contribution in [3.8, 4) is 5.75 Å². The van der Waals surface area contributed by atoms with E-state index < -0.39 is 5.97 Å². The summed E-state index contributed by atoms with van der Waals surface area (Å²) in [4.78, 5) is 16.2. The number of benzene rings is 2. The summed E-state index contributed by atoms with van der Waals surface area (Å²) in [5.41, 5.74) is 1.53. The summed E-state index contributed by atoms with van der Waals surface area (Å²) in [5, 5.41) is 0.738. The molecule has 0 N–H and O–H groups in total. The molecule has 126 valence electrons.